The fourth-order valence-corrected chi connectivity index (χ4v) is 4.43. The van der Waals surface area contributed by atoms with Crippen molar-refractivity contribution in [1.29, 1.82) is 0 Å². The molecule has 30 heavy (non-hydrogen) atoms. The van der Waals surface area contributed by atoms with Crippen molar-refractivity contribution in [3.8, 4) is 27.9 Å². The van der Waals surface area contributed by atoms with E-state index >= 15 is 0 Å². The van der Waals surface area contributed by atoms with Gasteiger partial charge in [-0.15, -0.1) is 21.5 Å². The molecule has 0 saturated carbocycles. The average Bonchev–Trinajstić information content (AvgIpc) is 3.47. The molecule has 0 aliphatic carbocycles. The molecular formula is C22H19N3O3S2. The van der Waals surface area contributed by atoms with E-state index in [2.05, 4.69) is 10.2 Å². The van der Waals surface area contributed by atoms with Crippen LogP contribution < -0.4 is 9.47 Å². The number of aromatic nitrogens is 3. The molecule has 2 aromatic carbocycles. The van der Waals surface area contributed by atoms with Crippen molar-refractivity contribution < 1.29 is 14.3 Å². The summed E-state index contributed by atoms with van der Waals surface area (Å²) in [6.45, 7) is 0. The minimum absolute atomic E-state index is 0.0182. The van der Waals surface area contributed by atoms with Gasteiger partial charge in [-0.25, -0.2) is 0 Å². The molecule has 6 nitrogen and oxygen atoms in total. The van der Waals surface area contributed by atoms with Crippen LogP contribution in [0.15, 0.2) is 71.2 Å². The van der Waals surface area contributed by atoms with Crippen molar-refractivity contribution in [3.05, 3.63) is 71.6 Å². The molecule has 2 aromatic heterocycles. The molecule has 0 radical (unpaired) electrons. The molecule has 152 valence electrons. The maximum atomic E-state index is 12.7. The number of ether oxygens (including phenoxy) is 2. The lowest BCUT2D eigenvalue weighted by Crippen LogP contribution is -2.05. The number of nitrogens with zero attached hydrogens (tertiary/aromatic N) is 3. The van der Waals surface area contributed by atoms with E-state index in [1.807, 2.05) is 46.3 Å². The Kier molecular flexibility index (Phi) is 6.15. The predicted octanol–water partition coefficient (Wildman–Crippen LogP) is 4.99. The van der Waals surface area contributed by atoms with E-state index in [9.17, 15) is 4.79 Å². The molecule has 0 aliphatic heterocycles. The lowest BCUT2D eigenvalue weighted by atomic mass is 10.1. The average molecular weight is 438 g/mol. The summed E-state index contributed by atoms with van der Waals surface area (Å²) in [5, 5.41) is 11.4. The number of carbonyl (C=O) groups is 1. The Balaban J connectivity index is 1.61. The largest absolute Gasteiger partial charge is 0.497 e. The molecule has 0 N–H and O–H groups in total. The number of carbonyl (C=O) groups excluding carboxylic acids is 1. The number of thioether (sulfide) groups is 1. The normalized spacial score (nSPS) is 10.7. The van der Waals surface area contributed by atoms with E-state index in [4.69, 9.17) is 9.47 Å². The Morgan fingerprint density at radius 1 is 0.967 bits per heavy atom. The van der Waals surface area contributed by atoms with Gasteiger partial charge in [0.25, 0.3) is 0 Å². The van der Waals surface area contributed by atoms with Gasteiger partial charge in [0.05, 0.1) is 30.5 Å². The zero-order chi connectivity index (χ0) is 20.9. The van der Waals surface area contributed by atoms with E-state index in [-0.39, 0.29) is 11.5 Å². The molecule has 2 heterocycles. The van der Waals surface area contributed by atoms with Crippen molar-refractivity contribution >= 4 is 28.9 Å². The summed E-state index contributed by atoms with van der Waals surface area (Å²) >= 11 is 2.96. The third-order valence-electron chi connectivity index (χ3n) is 4.45. The van der Waals surface area contributed by atoms with Crippen LogP contribution in [0.25, 0.3) is 16.4 Å². The van der Waals surface area contributed by atoms with Crippen molar-refractivity contribution in [3.63, 3.8) is 0 Å². The summed E-state index contributed by atoms with van der Waals surface area (Å²) in [6.07, 6.45) is 0. The van der Waals surface area contributed by atoms with Gasteiger partial charge >= 0.3 is 0 Å². The first-order valence-electron chi connectivity index (χ1n) is 9.13. The second kappa shape index (κ2) is 9.15. The molecule has 0 aliphatic rings. The third-order valence-corrected chi connectivity index (χ3v) is 6.24. The first-order valence-corrected chi connectivity index (χ1v) is 11.0. The van der Waals surface area contributed by atoms with E-state index in [1.165, 1.54) is 11.8 Å². The number of rotatable bonds is 8. The van der Waals surface area contributed by atoms with Gasteiger partial charge in [0.2, 0.25) is 0 Å². The number of methoxy groups -OCH3 is 2. The molecule has 0 spiro atoms. The molecule has 0 bridgehead atoms. The van der Waals surface area contributed by atoms with Gasteiger partial charge in [-0.05, 0) is 60.0 Å². The second-order valence-electron chi connectivity index (χ2n) is 6.26. The van der Waals surface area contributed by atoms with Crippen LogP contribution in [-0.2, 0) is 0 Å². The summed E-state index contributed by atoms with van der Waals surface area (Å²) in [7, 11) is 3.24. The lowest BCUT2D eigenvalue weighted by Gasteiger charge is -2.10. The highest BCUT2D eigenvalue weighted by Crippen LogP contribution is 2.31. The number of Topliss-reactive ketones (excluding diaryl/α,β-unsaturated/α-hetero) is 1. The Morgan fingerprint density at radius 2 is 1.63 bits per heavy atom. The minimum atomic E-state index is 0.0182. The number of thiophene rings is 1. The molecule has 0 saturated heterocycles. The summed E-state index contributed by atoms with van der Waals surface area (Å²) < 4.78 is 12.4. The van der Waals surface area contributed by atoms with Gasteiger partial charge in [0.15, 0.2) is 16.8 Å². The van der Waals surface area contributed by atoms with E-state index in [1.54, 1.807) is 49.8 Å². The second-order valence-corrected chi connectivity index (χ2v) is 8.15. The van der Waals surface area contributed by atoms with E-state index in [0.717, 1.165) is 27.9 Å². The minimum Gasteiger partial charge on any atom is -0.497 e. The SMILES string of the molecule is COc1ccc(C(=O)CSc2nnc(-c3cccs3)n2-c2ccc(OC)cc2)cc1. The van der Waals surface area contributed by atoms with Crippen LogP contribution in [0.5, 0.6) is 11.5 Å². The summed E-state index contributed by atoms with van der Waals surface area (Å²) in [5.74, 6) is 2.51. The molecule has 4 rings (SSSR count). The fourth-order valence-electron chi connectivity index (χ4n) is 2.88. The van der Waals surface area contributed by atoms with Crippen LogP contribution in [0, 0.1) is 0 Å². The predicted molar refractivity (Wildman–Crippen MR) is 119 cm³/mol. The summed E-state index contributed by atoms with van der Waals surface area (Å²) in [5.41, 5.74) is 1.54. The molecule has 8 heteroatoms. The maximum Gasteiger partial charge on any atom is 0.196 e. The van der Waals surface area contributed by atoms with Crippen LogP contribution in [0.1, 0.15) is 10.4 Å². The molecular weight excluding hydrogens is 418 g/mol. The number of hydrogen-bond donors (Lipinski definition) is 0. The lowest BCUT2D eigenvalue weighted by molar-refractivity contribution is 0.102. The zero-order valence-corrected chi connectivity index (χ0v) is 18.1. The van der Waals surface area contributed by atoms with Crippen molar-refractivity contribution in [1.82, 2.24) is 14.8 Å². The Morgan fingerprint density at radius 3 is 2.23 bits per heavy atom. The standard InChI is InChI=1S/C22H19N3O3S2/c1-27-17-9-5-15(6-10-17)19(26)14-30-22-24-23-21(20-4-3-13-29-20)25(22)16-7-11-18(28-2)12-8-16/h3-13H,14H2,1-2H3. The maximum absolute atomic E-state index is 12.7. The van der Waals surface area contributed by atoms with Crippen molar-refractivity contribution in [2.45, 2.75) is 5.16 Å². The highest BCUT2D eigenvalue weighted by Gasteiger charge is 2.18. The number of hydrogen-bond acceptors (Lipinski definition) is 7. The zero-order valence-electron chi connectivity index (χ0n) is 16.4. The monoisotopic (exact) mass is 437 g/mol. The molecule has 4 aromatic rings. The van der Waals surface area contributed by atoms with Crippen LogP contribution in [0.3, 0.4) is 0 Å². The van der Waals surface area contributed by atoms with E-state index in [0.29, 0.717) is 10.7 Å². The first-order chi connectivity index (χ1) is 14.7. The number of ketones is 1. The van der Waals surface area contributed by atoms with Crippen LogP contribution in [-0.4, -0.2) is 40.5 Å². The highest BCUT2D eigenvalue weighted by atomic mass is 32.2. The Labute approximate surface area is 182 Å². The summed E-state index contributed by atoms with van der Waals surface area (Å²) in [4.78, 5) is 13.7. The van der Waals surface area contributed by atoms with Crippen LogP contribution in [0.4, 0.5) is 0 Å². The Hall–Kier alpha value is -3.10. The first kappa shape index (κ1) is 20.2. The van der Waals surface area contributed by atoms with Crippen LogP contribution >= 0.6 is 23.1 Å². The van der Waals surface area contributed by atoms with Gasteiger partial charge in [0, 0.05) is 5.56 Å². The van der Waals surface area contributed by atoms with Gasteiger partial charge < -0.3 is 9.47 Å². The van der Waals surface area contributed by atoms with Gasteiger partial charge in [-0.2, -0.15) is 0 Å². The smallest absolute Gasteiger partial charge is 0.196 e. The molecule has 0 fully saturated rings. The van der Waals surface area contributed by atoms with Gasteiger partial charge in [-0.3, -0.25) is 9.36 Å². The van der Waals surface area contributed by atoms with Crippen LogP contribution in [0.2, 0.25) is 0 Å². The van der Waals surface area contributed by atoms with Gasteiger partial charge in [0.1, 0.15) is 11.5 Å². The highest BCUT2D eigenvalue weighted by molar-refractivity contribution is 7.99. The molecule has 0 amide bonds. The Bertz CT molecular complexity index is 1120. The third kappa shape index (κ3) is 4.24. The van der Waals surface area contributed by atoms with Crippen molar-refractivity contribution in [2.24, 2.45) is 0 Å². The van der Waals surface area contributed by atoms with Gasteiger partial charge in [-0.1, -0.05) is 17.8 Å². The quantitative estimate of drug-likeness (QED) is 0.286. The topological polar surface area (TPSA) is 66.2 Å². The fraction of sp³-hybridized carbons (Fsp3) is 0.136. The molecule has 0 unspecified atom stereocenters. The molecule has 0 atom stereocenters. The van der Waals surface area contributed by atoms with E-state index < -0.39 is 0 Å². The summed E-state index contributed by atoms with van der Waals surface area (Å²) in [6, 6.07) is 18.8. The van der Waals surface area contributed by atoms with Crippen molar-refractivity contribution in [2.75, 3.05) is 20.0 Å². The number of benzene rings is 2.